The van der Waals surface area contributed by atoms with Crippen LogP contribution in [-0.4, -0.2) is 41.9 Å². The minimum absolute atomic E-state index is 0.294. The van der Waals surface area contributed by atoms with E-state index < -0.39 is 0 Å². The van der Waals surface area contributed by atoms with Crippen molar-refractivity contribution in [3.05, 3.63) is 21.9 Å². The normalized spacial score (nSPS) is 29.4. The smallest absolute Gasteiger partial charge is 0.237 e. The number of rotatable bonds is 3. The van der Waals surface area contributed by atoms with Gasteiger partial charge in [0.1, 0.15) is 0 Å². The molecule has 1 saturated heterocycles. The van der Waals surface area contributed by atoms with E-state index >= 15 is 0 Å². The monoisotopic (exact) mass is 320 g/mol. The zero-order valence-electron chi connectivity index (χ0n) is 14.0. The van der Waals surface area contributed by atoms with E-state index in [2.05, 4.69) is 42.0 Å². The van der Waals surface area contributed by atoms with Gasteiger partial charge in [0.25, 0.3) is 0 Å². The van der Waals surface area contributed by atoms with Crippen LogP contribution in [0.15, 0.2) is 11.4 Å². The molecule has 0 saturated carbocycles. The molecule has 3 atom stereocenters. The molecule has 22 heavy (non-hydrogen) atoms. The number of fused-ring (bicyclic) bond motifs is 1. The third kappa shape index (κ3) is 3.23. The van der Waals surface area contributed by atoms with Crippen LogP contribution in [0, 0.1) is 11.8 Å². The second-order valence-electron chi connectivity index (χ2n) is 7.20. The van der Waals surface area contributed by atoms with Crippen molar-refractivity contribution in [1.29, 1.82) is 0 Å². The summed E-state index contributed by atoms with van der Waals surface area (Å²) in [6, 6.07) is 2.51. The minimum Gasteiger partial charge on any atom is -0.334 e. The highest BCUT2D eigenvalue weighted by Crippen LogP contribution is 2.35. The fourth-order valence-electron chi connectivity index (χ4n) is 4.34. The van der Waals surface area contributed by atoms with E-state index in [1.807, 2.05) is 11.3 Å². The molecule has 0 aromatic carbocycles. The first-order valence-corrected chi connectivity index (χ1v) is 9.54. The number of likely N-dealkylation sites (tertiary alicyclic amines) is 1. The summed E-state index contributed by atoms with van der Waals surface area (Å²) in [6.07, 6.45) is 3.34. The maximum Gasteiger partial charge on any atom is 0.237 e. The molecule has 0 spiro atoms. The Morgan fingerprint density at radius 1 is 1.32 bits per heavy atom. The van der Waals surface area contributed by atoms with Crippen LogP contribution >= 0.6 is 11.3 Å². The molecular formula is C18H28N2OS. The quantitative estimate of drug-likeness (QED) is 0.850. The fourth-order valence-corrected chi connectivity index (χ4v) is 5.27. The third-order valence-electron chi connectivity index (χ3n) is 5.11. The van der Waals surface area contributed by atoms with Crippen LogP contribution in [-0.2, 0) is 11.2 Å². The molecule has 1 amide bonds. The Hall–Kier alpha value is -0.870. The Kier molecular flexibility index (Phi) is 4.88. The van der Waals surface area contributed by atoms with Crippen molar-refractivity contribution in [3.63, 3.8) is 0 Å². The summed E-state index contributed by atoms with van der Waals surface area (Å²) in [7, 11) is 0. The number of nitrogens with zero attached hydrogens (tertiary/aromatic N) is 2. The Balaban J connectivity index is 1.67. The molecule has 3 rings (SSSR count). The molecule has 3 unspecified atom stereocenters. The van der Waals surface area contributed by atoms with Crippen LogP contribution in [0.1, 0.15) is 50.1 Å². The molecule has 3 nitrogen and oxygen atoms in total. The van der Waals surface area contributed by atoms with Gasteiger partial charge in [-0.2, -0.15) is 0 Å². The first kappa shape index (κ1) is 16.0. The first-order chi connectivity index (χ1) is 10.6. The van der Waals surface area contributed by atoms with Crippen LogP contribution in [0.3, 0.4) is 0 Å². The summed E-state index contributed by atoms with van der Waals surface area (Å²) < 4.78 is 0. The van der Waals surface area contributed by atoms with Gasteiger partial charge in [0.15, 0.2) is 0 Å². The number of thiophene rings is 1. The maximum atomic E-state index is 12.9. The van der Waals surface area contributed by atoms with E-state index in [4.69, 9.17) is 0 Å². The van der Waals surface area contributed by atoms with Crippen molar-refractivity contribution in [1.82, 2.24) is 9.80 Å². The number of hydrogen-bond donors (Lipinski definition) is 0. The average Bonchev–Trinajstić information content (AvgIpc) is 2.93. The lowest BCUT2D eigenvalue weighted by Crippen LogP contribution is -2.48. The minimum atomic E-state index is 0.294. The molecule has 3 heterocycles. The third-order valence-corrected chi connectivity index (χ3v) is 6.10. The molecule has 4 heteroatoms. The summed E-state index contributed by atoms with van der Waals surface area (Å²) in [5.74, 6) is 1.75. The van der Waals surface area contributed by atoms with Gasteiger partial charge in [0, 0.05) is 24.5 Å². The molecular weight excluding hydrogens is 292 g/mol. The number of carbonyl (C=O) groups is 1. The van der Waals surface area contributed by atoms with Crippen molar-refractivity contribution in [2.75, 3.05) is 26.2 Å². The fraction of sp³-hybridized carbons (Fsp3) is 0.722. The van der Waals surface area contributed by atoms with Gasteiger partial charge in [-0.05, 0) is 48.1 Å². The van der Waals surface area contributed by atoms with Crippen molar-refractivity contribution in [3.8, 4) is 0 Å². The van der Waals surface area contributed by atoms with Crippen molar-refractivity contribution < 1.29 is 4.79 Å². The molecule has 1 aromatic heterocycles. The lowest BCUT2D eigenvalue weighted by atomic mass is 9.92. The Bertz CT molecular complexity index is 517. The van der Waals surface area contributed by atoms with Crippen molar-refractivity contribution >= 4 is 17.2 Å². The van der Waals surface area contributed by atoms with E-state index in [1.165, 1.54) is 16.9 Å². The second-order valence-corrected chi connectivity index (χ2v) is 8.20. The molecule has 0 radical (unpaired) electrons. The average molecular weight is 321 g/mol. The molecule has 1 fully saturated rings. The van der Waals surface area contributed by atoms with Crippen LogP contribution in [0.2, 0.25) is 0 Å². The Morgan fingerprint density at radius 3 is 2.73 bits per heavy atom. The predicted octanol–water partition coefficient (Wildman–Crippen LogP) is 3.56. The number of piperidine rings is 1. The summed E-state index contributed by atoms with van der Waals surface area (Å²) in [5.41, 5.74) is 1.40. The molecule has 2 aliphatic heterocycles. The number of hydrogen-bond acceptors (Lipinski definition) is 3. The first-order valence-electron chi connectivity index (χ1n) is 8.66. The predicted molar refractivity (Wildman–Crippen MR) is 92.2 cm³/mol. The zero-order valence-corrected chi connectivity index (χ0v) is 14.9. The molecule has 0 N–H and O–H groups in total. The largest absolute Gasteiger partial charge is 0.334 e. The second kappa shape index (κ2) is 6.71. The van der Waals surface area contributed by atoms with Crippen molar-refractivity contribution in [2.24, 2.45) is 11.8 Å². The molecule has 0 aliphatic carbocycles. The van der Waals surface area contributed by atoms with Crippen molar-refractivity contribution in [2.45, 2.75) is 46.1 Å². The van der Waals surface area contributed by atoms with Gasteiger partial charge in [-0.3, -0.25) is 9.69 Å². The van der Waals surface area contributed by atoms with Crippen LogP contribution < -0.4 is 0 Å². The Morgan fingerprint density at radius 2 is 2.05 bits per heavy atom. The molecule has 2 aliphatic rings. The van der Waals surface area contributed by atoms with Gasteiger partial charge in [0.05, 0.1) is 12.6 Å². The zero-order chi connectivity index (χ0) is 15.7. The van der Waals surface area contributed by atoms with Crippen LogP contribution in [0.4, 0.5) is 0 Å². The van der Waals surface area contributed by atoms with Gasteiger partial charge < -0.3 is 4.90 Å². The van der Waals surface area contributed by atoms with Gasteiger partial charge >= 0.3 is 0 Å². The lowest BCUT2D eigenvalue weighted by Gasteiger charge is -2.39. The van der Waals surface area contributed by atoms with Gasteiger partial charge in [0.2, 0.25) is 5.91 Å². The van der Waals surface area contributed by atoms with E-state index in [1.54, 1.807) is 0 Å². The summed E-state index contributed by atoms with van der Waals surface area (Å²) in [5, 5.41) is 2.18. The number of amides is 1. The highest BCUT2D eigenvalue weighted by atomic mass is 32.1. The highest BCUT2D eigenvalue weighted by Gasteiger charge is 2.32. The van der Waals surface area contributed by atoms with E-state index in [0.717, 1.165) is 32.5 Å². The van der Waals surface area contributed by atoms with Gasteiger partial charge in [-0.25, -0.2) is 0 Å². The summed E-state index contributed by atoms with van der Waals surface area (Å²) in [4.78, 5) is 18.9. The standard InChI is InChI=1S/C18H28N2OS/c1-4-16-15-6-8-22-17(15)5-7-20(16)18(21)12-19-10-13(2)9-14(3)11-19/h6,8,13-14,16H,4-5,7,9-12H2,1-3H3. The highest BCUT2D eigenvalue weighted by molar-refractivity contribution is 7.10. The van der Waals surface area contributed by atoms with E-state index in [0.29, 0.717) is 30.3 Å². The van der Waals surface area contributed by atoms with Crippen LogP contribution in [0.25, 0.3) is 0 Å². The lowest BCUT2D eigenvalue weighted by molar-refractivity contribution is -0.136. The summed E-state index contributed by atoms with van der Waals surface area (Å²) in [6.45, 7) is 10.5. The number of carbonyl (C=O) groups excluding carboxylic acids is 1. The Labute approximate surface area is 138 Å². The SMILES string of the molecule is CCC1c2ccsc2CCN1C(=O)CN1CC(C)CC(C)C1. The van der Waals surface area contributed by atoms with E-state index in [-0.39, 0.29) is 0 Å². The van der Waals surface area contributed by atoms with Gasteiger partial charge in [-0.15, -0.1) is 11.3 Å². The van der Waals surface area contributed by atoms with Crippen LogP contribution in [0.5, 0.6) is 0 Å². The topological polar surface area (TPSA) is 23.6 Å². The van der Waals surface area contributed by atoms with E-state index in [9.17, 15) is 4.79 Å². The molecule has 1 aromatic rings. The molecule has 0 bridgehead atoms. The summed E-state index contributed by atoms with van der Waals surface area (Å²) >= 11 is 1.85. The maximum absolute atomic E-state index is 12.9. The molecule has 122 valence electrons. The van der Waals surface area contributed by atoms with Gasteiger partial charge in [-0.1, -0.05) is 20.8 Å².